The van der Waals surface area contributed by atoms with Crippen LogP contribution in [0.5, 0.6) is 5.75 Å². The largest absolute Gasteiger partial charge is 0.489 e. The van der Waals surface area contributed by atoms with E-state index in [0.717, 1.165) is 22.0 Å². The molecule has 3 aromatic carbocycles. The van der Waals surface area contributed by atoms with E-state index >= 15 is 0 Å². The summed E-state index contributed by atoms with van der Waals surface area (Å²) in [5.74, 6) is 0.392. The van der Waals surface area contributed by atoms with Crippen LogP contribution in [-0.4, -0.2) is 13.1 Å². The number of ether oxygens (including phenoxy) is 2. The highest BCUT2D eigenvalue weighted by atomic mass is 79.9. The monoisotopic (exact) mass is 438 g/mol. The molecule has 0 aromatic heterocycles. The Hall–Kier alpha value is -2.59. The molecule has 3 aromatic rings. The fourth-order valence-electron chi connectivity index (χ4n) is 3.01. The van der Waals surface area contributed by atoms with Gasteiger partial charge < -0.3 is 9.47 Å². The van der Waals surface area contributed by atoms with Crippen molar-refractivity contribution in [3.05, 3.63) is 87.9 Å². The second kappa shape index (κ2) is 9.56. The van der Waals surface area contributed by atoms with Gasteiger partial charge in [0.15, 0.2) is 0 Å². The zero-order chi connectivity index (χ0) is 19.9. The number of benzene rings is 3. The average molecular weight is 439 g/mol. The molecule has 4 heteroatoms. The van der Waals surface area contributed by atoms with Crippen molar-refractivity contribution in [2.75, 3.05) is 7.11 Å². The van der Waals surface area contributed by atoms with Crippen molar-refractivity contribution in [1.29, 1.82) is 0 Å². The van der Waals surface area contributed by atoms with Gasteiger partial charge in [-0.1, -0.05) is 71.4 Å². The summed E-state index contributed by atoms with van der Waals surface area (Å²) in [7, 11) is 1.39. The van der Waals surface area contributed by atoms with Crippen molar-refractivity contribution in [3.63, 3.8) is 0 Å². The number of aryl methyl sites for hydroxylation is 1. The third-order valence-electron chi connectivity index (χ3n) is 4.58. The first-order chi connectivity index (χ1) is 13.6. The van der Waals surface area contributed by atoms with E-state index in [2.05, 4.69) is 59.3 Å². The zero-order valence-corrected chi connectivity index (χ0v) is 17.7. The van der Waals surface area contributed by atoms with Crippen molar-refractivity contribution in [2.45, 2.75) is 26.4 Å². The van der Waals surface area contributed by atoms with Gasteiger partial charge in [0.05, 0.1) is 13.5 Å². The van der Waals surface area contributed by atoms with E-state index in [4.69, 9.17) is 9.47 Å². The van der Waals surface area contributed by atoms with Crippen molar-refractivity contribution >= 4 is 21.9 Å². The van der Waals surface area contributed by atoms with E-state index in [-0.39, 0.29) is 12.4 Å². The summed E-state index contributed by atoms with van der Waals surface area (Å²) < 4.78 is 11.7. The number of hydrogen-bond acceptors (Lipinski definition) is 3. The summed E-state index contributed by atoms with van der Waals surface area (Å²) in [6.45, 7) is 2.58. The number of halogens is 1. The van der Waals surface area contributed by atoms with Crippen LogP contribution in [0.2, 0.25) is 0 Å². The van der Waals surface area contributed by atoms with Crippen LogP contribution < -0.4 is 4.74 Å². The van der Waals surface area contributed by atoms with Gasteiger partial charge in [-0.15, -0.1) is 0 Å². The minimum absolute atomic E-state index is 0.183. The first kappa shape index (κ1) is 20.2. The molecule has 3 nitrogen and oxygen atoms in total. The molecule has 0 amide bonds. The highest BCUT2D eigenvalue weighted by molar-refractivity contribution is 9.10. The van der Waals surface area contributed by atoms with Gasteiger partial charge in [0.25, 0.3) is 0 Å². The number of rotatable bonds is 7. The molecule has 0 fully saturated rings. The molecule has 0 aliphatic carbocycles. The molecule has 0 N–H and O–H groups in total. The van der Waals surface area contributed by atoms with Gasteiger partial charge in [-0.05, 0) is 46.9 Å². The molecule has 0 aliphatic heterocycles. The van der Waals surface area contributed by atoms with Crippen LogP contribution in [0.4, 0.5) is 0 Å². The summed E-state index contributed by atoms with van der Waals surface area (Å²) in [6.07, 6.45) is 1.20. The van der Waals surface area contributed by atoms with Gasteiger partial charge in [-0.25, -0.2) is 0 Å². The van der Waals surface area contributed by atoms with Crippen molar-refractivity contribution in [1.82, 2.24) is 0 Å². The predicted octanol–water partition coefficient (Wildman–Crippen LogP) is 5.97. The molecule has 0 aliphatic rings. The summed E-state index contributed by atoms with van der Waals surface area (Å²) in [5.41, 5.74) is 5.57. The van der Waals surface area contributed by atoms with Crippen molar-refractivity contribution < 1.29 is 14.3 Å². The smallest absolute Gasteiger partial charge is 0.310 e. The van der Waals surface area contributed by atoms with E-state index in [1.165, 1.54) is 23.8 Å². The minimum Gasteiger partial charge on any atom is -0.489 e. The maximum absolute atomic E-state index is 11.7. The molecule has 28 heavy (non-hydrogen) atoms. The van der Waals surface area contributed by atoms with Gasteiger partial charge >= 0.3 is 5.97 Å². The Balaban J connectivity index is 1.78. The Morgan fingerprint density at radius 3 is 2.29 bits per heavy atom. The number of esters is 1. The van der Waals surface area contributed by atoms with Crippen molar-refractivity contribution in [2.24, 2.45) is 0 Å². The number of methoxy groups -OCH3 is 1. The molecule has 144 valence electrons. The first-order valence-corrected chi connectivity index (χ1v) is 10.0. The molecule has 0 atom stereocenters. The molecule has 0 spiro atoms. The predicted molar refractivity (Wildman–Crippen MR) is 115 cm³/mol. The second-order valence-corrected chi connectivity index (χ2v) is 7.46. The van der Waals surface area contributed by atoms with Crippen LogP contribution in [0.3, 0.4) is 0 Å². The lowest BCUT2D eigenvalue weighted by molar-refractivity contribution is -0.139. The molecule has 0 unspecified atom stereocenters. The topological polar surface area (TPSA) is 35.5 Å². The number of hydrogen-bond donors (Lipinski definition) is 0. The van der Waals surface area contributed by atoms with E-state index < -0.39 is 0 Å². The fraction of sp³-hybridized carbons (Fsp3) is 0.208. The molecule has 0 saturated carbocycles. The summed E-state index contributed by atoms with van der Waals surface area (Å²) in [4.78, 5) is 11.7. The van der Waals surface area contributed by atoms with E-state index in [9.17, 15) is 4.79 Å². The summed E-state index contributed by atoms with van der Waals surface area (Å²) in [5, 5.41) is 0. The maximum atomic E-state index is 11.7. The molecular formula is C24H23BrO3. The van der Waals surface area contributed by atoms with Crippen LogP contribution in [0, 0.1) is 0 Å². The second-order valence-electron chi connectivity index (χ2n) is 6.55. The molecule has 0 bridgehead atoms. The Morgan fingerprint density at radius 1 is 0.929 bits per heavy atom. The van der Waals surface area contributed by atoms with Crippen molar-refractivity contribution in [3.8, 4) is 16.9 Å². The van der Waals surface area contributed by atoms with Gasteiger partial charge in [0.1, 0.15) is 12.4 Å². The Kier molecular flexibility index (Phi) is 6.88. The lowest BCUT2D eigenvalue weighted by Gasteiger charge is -2.13. The van der Waals surface area contributed by atoms with Crippen LogP contribution in [-0.2, 0) is 29.0 Å². The SMILES string of the molecule is CCc1cccc(-c2cccc(COc3cc(Br)ccc3CC(=O)OC)c2)c1. The molecule has 0 saturated heterocycles. The zero-order valence-electron chi connectivity index (χ0n) is 16.1. The third kappa shape index (κ3) is 5.23. The standard InChI is InChI=1S/C24H23BrO3/c1-3-17-6-4-8-19(12-17)20-9-5-7-18(13-20)16-28-23-15-22(25)11-10-21(23)14-24(26)27-2/h4-13,15H,3,14,16H2,1-2H3. The lowest BCUT2D eigenvalue weighted by Crippen LogP contribution is -2.07. The quantitative estimate of drug-likeness (QED) is 0.426. The third-order valence-corrected chi connectivity index (χ3v) is 5.07. The van der Waals surface area contributed by atoms with Gasteiger partial charge in [-0.3, -0.25) is 4.79 Å². The van der Waals surface area contributed by atoms with Crippen LogP contribution in [0.25, 0.3) is 11.1 Å². The lowest BCUT2D eigenvalue weighted by atomic mass is 10.0. The maximum Gasteiger partial charge on any atom is 0.310 e. The fourth-order valence-corrected chi connectivity index (χ4v) is 3.35. The van der Waals surface area contributed by atoms with Gasteiger partial charge in [0, 0.05) is 10.0 Å². The Morgan fingerprint density at radius 2 is 1.61 bits per heavy atom. The first-order valence-electron chi connectivity index (χ1n) is 9.25. The summed E-state index contributed by atoms with van der Waals surface area (Å²) >= 11 is 3.47. The van der Waals surface area contributed by atoms with Gasteiger partial charge in [0.2, 0.25) is 0 Å². The van der Waals surface area contributed by atoms with E-state index in [0.29, 0.717) is 12.4 Å². The molecular weight excluding hydrogens is 416 g/mol. The van der Waals surface area contributed by atoms with Gasteiger partial charge in [-0.2, -0.15) is 0 Å². The Bertz CT molecular complexity index is 966. The normalized spacial score (nSPS) is 10.5. The Labute approximate surface area is 174 Å². The van der Waals surface area contributed by atoms with E-state index in [1.54, 1.807) is 0 Å². The summed E-state index contributed by atoms with van der Waals surface area (Å²) in [6, 6.07) is 22.6. The average Bonchev–Trinajstić information content (AvgIpc) is 2.74. The van der Waals surface area contributed by atoms with E-state index in [1.807, 2.05) is 30.3 Å². The van der Waals surface area contributed by atoms with Crippen LogP contribution in [0.15, 0.2) is 71.2 Å². The number of carbonyl (C=O) groups is 1. The molecule has 3 rings (SSSR count). The molecule has 0 heterocycles. The highest BCUT2D eigenvalue weighted by Gasteiger charge is 2.11. The number of carbonyl (C=O) groups excluding carboxylic acids is 1. The van der Waals surface area contributed by atoms with Crippen LogP contribution >= 0.6 is 15.9 Å². The highest BCUT2D eigenvalue weighted by Crippen LogP contribution is 2.27. The molecule has 0 radical (unpaired) electrons. The minimum atomic E-state index is -0.287. The van der Waals surface area contributed by atoms with Crippen LogP contribution in [0.1, 0.15) is 23.6 Å².